The van der Waals surface area contributed by atoms with Gasteiger partial charge in [0.15, 0.2) is 5.76 Å². The number of hydrogen-bond donors (Lipinski definition) is 0. The normalized spacial score (nSPS) is 9.25. The smallest absolute Gasteiger partial charge is 0.288 e. The maximum absolute atomic E-state index is 11.3. The highest BCUT2D eigenvalue weighted by Gasteiger charge is 2.11. The minimum atomic E-state index is -0.126. The highest BCUT2D eigenvalue weighted by atomic mass is 16.5. The van der Waals surface area contributed by atoms with E-state index in [2.05, 4.69) is 6.58 Å². The summed E-state index contributed by atoms with van der Waals surface area (Å²) in [5, 5.41) is 0. The van der Waals surface area contributed by atoms with Gasteiger partial charge in [-0.2, -0.15) is 0 Å². The second-order valence-electron chi connectivity index (χ2n) is 2.58. The first-order chi connectivity index (χ1) is 5.63. The summed E-state index contributed by atoms with van der Waals surface area (Å²) in [6, 6.07) is 0. The third-order valence-electron chi connectivity index (χ3n) is 1.46. The summed E-state index contributed by atoms with van der Waals surface area (Å²) in [6.45, 7) is 8.62. The lowest BCUT2D eigenvalue weighted by atomic mass is 10.4. The lowest BCUT2D eigenvalue weighted by Gasteiger charge is -2.16. The van der Waals surface area contributed by atoms with Crippen LogP contribution >= 0.6 is 0 Å². The fourth-order valence-electron chi connectivity index (χ4n) is 0.886. The standard InChI is InChI=1S/C9H17NO2/c1-5-7-10(4)9(11)8(3)12-6-2/h3,5-7H2,1-2,4H3. The molecular weight excluding hydrogens is 154 g/mol. The molecule has 3 nitrogen and oxygen atoms in total. The van der Waals surface area contributed by atoms with Gasteiger partial charge in [-0.05, 0) is 13.3 Å². The summed E-state index contributed by atoms with van der Waals surface area (Å²) < 4.78 is 4.99. The van der Waals surface area contributed by atoms with E-state index in [0.29, 0.717) is 6.61 Å². The summed E-state index contributed by atoms with van der Waals surface area (Å²) in [7, 11) is 1.75. The Bertz CT molecular complexity index is 166. The maximum Gasteiger partial charge on any atom is 0.288 e. The molecule has 0 spiro atoms. The lowest BCUT2D eigenvalue weighted by molar-refractivity contribution is -0.129. The Morgan fingerprint density at radius 2 is 2.08 bits per heavy atom. The van der Waals surface area contributed by atoms with Crippen molar-refractivity contribution in [1.82, 2.24) is 4.90 Å². The van der Waals surface area contributed by atoms with Crippen LogP contribution in [0, 0.1) is 0 Å². The van der Waals surface area contributed by atoms with Crippen molar-refractivity contribution in [1.29, 1.82) is 0 Å². The quantitative estimate of drug-likeness (QED) is 0.462. The molecular formula is C9H17NO2. The fourth-order valence-corrected chi connectivity index (χ4v) is 0.886. The average Bonchev–Trinajstić information content (AvgIpc) is 2.04. The minimum Gasteiger partial charge on any atom is -0.489 e. The van der Waals surface area contributed by atoms with Crippen LogP contribution in [-0.4, -0.2) is 31.0 Å². The van der Waals surface area contributed by atoms with E-state index in [1.807, 2.05) is 13.8 Å². The molecule has 0 aromatic carbocycles. The predicted molar refractivity (Wildman–Crippen MR) is 48.7 cm³/mol. The molecule has 0 atom stereocenters. The van der Waals surface area contributed by atoms with Crippen LogP contribution < -0.4 is 0 Å². The van der Waals surface area contributed by atoms with Crippen LogP contribution in [-0.2, 0) is 9.53 Å². The Morgan fingerprint density at radius 1 is 1.50 bits per heavy atom. The molecule has 0 fully saturated rings. The molecule has 0 heterocycles. The van der Waals surface area contributed by atoms with E-state index in [-0.39, 0.29) is 11.7 Å². The Hall–Kier alpha value is -0.990. The summed E-state index contributed by atoms with van der Waals surface area (Å²) >= 11 is 0. The van der Waals surface area contributed by atoms with Crippen LogP contribution in [0.4, 0.5) is 0 Å². The Labute approximate surface area is 74.0 Å². The molecule has 0 rings (SSSR count). The molecule has 0 radical (unpaired) electrons. The van der Waals surface area contributed by atoms with Crippen LogP contribution in [0.1, 0.15) is 20.3 Å². The minimum absolute atomic E-state index is 0.126. The van der Waals surface area contributed by atoms with Crippen molar-refractivity contribution in [3.63, 3.8) is 0 Å². The monoisotopic (exact) mass is 171 g/mol. The van der Waals surface area contributed by atoms with Gasteiger partial charge in [0.05, 0.1) is 6.61 Å². The van der Waals surface area contributed by atoms with Gasteiger partial charge < -0.3 is 9.64 Å². The highest BCUT2D eigenvalue weighted by molar-refractivity contribution is 5.90. The molecule has 0 aliphatic rings. The van der Waals surface area contributed by atoms with Gasteiger partial charge in [-0.1, -0.05) is 13.5 Å². The predicted octanol–water partition coefficient (Wildman–Crippen LogP) is 1.41. The Kier molecular flexibility index (Phi) is 5.17. The lowest BCUT2D eigenvalue weighted by Crippen LogP contribution is -2.29. The largest absolute Gasteiger partial charge is 0.489 e. The third-order valence-corrected chi connectivity index (χ3v) is 1.46. The molecule has 1 amide bonds. The molecule has 0 saturated heterocycles. The van der Waals surface area contributed by atoms with Gasteiger partial charge in [-0.15, -0.1) is 0 Å². The number of ether oxygens (including phenoxy) is 1. The fraction of sp³-hybridized carbons (Fsp3) is 0.667. The SMILES string of the molecule is C=C(OCC)C(=O)N(C)CCC. The summed E-state index contributed by atoms with van der Waals surface area (Å²) in [6.07, 6.45) is 0.946. The van der Waals surface area contributed by atoms with Crippen molar-refractivity contribution >= 4 is 5.91 Å². The molecule has 0 saturated carbocycles. The molecule has 0 aromatic heterocycles. The molecule has 0 bridgehead atoms. The first-order valence-corrected chi connectivity index (χ1v) is 4.20. The molecule has 0 aromatic rings. The van der Waals surface area contributed by atoms with Gasteiger partial charge in [0, 0.05) is 13.6 Å². The van der Waals surface area contributed by atoms with Crippen LogP contribution in [0.2, 0.25) is 0 Å². The second kappa shape index (κ2) is 5.63. The van der Waals surface area contributed by atoms with Gasteiger partial charge in [-0.25, -0.2) is 0 Å². The molecule has 0 N–H and O–H groups in total. The zero-order valence-corrected chi connectivity index (χ0v) is 8.09. The molecule has 0 aliphatic carbocycles. The molecule has 0 aliphatic heterocycles. The molecule has 70 valence electrons. The van der Waals surface area contributed by atoms with E-state index in [1.54, 1.807) is 11.9 Å². The number of hydrogen-bond acceptors (Lipinski definition) is 2. The van der Waals surface area contributed by atoms with E-state index in [0.717, 1.165) is 13.0 Å². The topological polar surface area (TPSA) is 29.5 Å². The van der Waals surface area contributed by atoms with E-state index in [4.69, 9.17) is 4.74 Å². The number of carbonyl (C=O) groups excluding carboxylic acids is 1. The van der Waals surface area contributed by atoms with E-state index in [9.17, 15) is 4.79 Å². The van der Waals surface area contributed by atoms with Crippen LogP contribution in [0.25, 0.3) is 0 Å². The number of carbonyl (C=O) groups is 1. The van der Waals surface area contributed by atoms with Crippen molar-refractivity contribution in [3.8, 4) is 0 Å². The number of rotatable bonds is 5. The van der Waals surface area contributed by atoms with Crippen molar-refractivity contribution < 1.29 is 9.53 Å². The van der Waals surface area contributed by atoms with Crippen LogP contribution in [0.15, 0.2) is 12.3 Å². The zero-order chi connectivity index (χ0) is 9.56. The number of amides is 1. The van der Waals surface area contributed by atoms with E-state index >= 15 is 0 Å². The third kappa shape index (κ3) is 3.42. The van der Waals surface area contributed by atoms with Gasteiger partial charge in [0.25, 0.3) is 5.91 Å². The summed E-state index contributed by atoms with van der Waals surface area (Å²) in [4.78, 5) is 12.9. The van der Waals surface area contributed by atoms with Crippen molar-refractivity contribution in [2.75, 3.05) is 20.2 Å². The maximum atomic E-state index is 11.3. The van der Waals surface area contributed by atoms with Crippen LogP contribution in [0.5, 0.6) is 0 Å². The van der Waals surface area contributed by atoms with Gasteiger partial charge >= 0.3 is 0 Å². The van der Waals surface area contributed by atoms with Gasteiger partial charge in [0.1, 0.15) is 0 Å². The zero-order valence-electron chi connectivity index (χ0n) is 8.09. The van der Waals surface area contributed by atoms with Crippen molar-refractivity contribution in [3.05, 3.63) is 12.3 Å². The first kappa shape index (κ1) is 11.0. The van der Waals surface area contributed by atoms with E-state index < -0.39 is 0 Å². The molecule has 0 unspecified atom stereocenters. The van der Waals surface area contributed by atoms with Gasteiger partial charge in [-0.3, -0.25) is 4.79 Å². The van der Waals surface area contributed by atoms with Crippen LogP contribution in [0.3, 0.4) is 0 Å². The Balaban J connectivity index is 3.91. The first-order valence-electron chi connectivity index (χ1n) is 4.20. The number of nitrogens with zero attached hydrogens (tertiary/aromatic N) is 1. The second-order valence-corrected chi connectivity index (χ2v) is 2.58. The number of likely N-dealkylation sites (N-methyl/N-ethyl adjacent to an activating group) is 1. The molecule has 12 heavy (non-hydrogen) atoms. The van der Waals surface area contributed by atoms with Crippen molar-refractivity contribution in [2.24, 2.45) is 0 Å². The van der Waals surface area contributed by atoms with E-state index in [1.165, 1.54) is 0 Å². The molecule has 3 heteroatoms. The average molecular weight is 171 g/mol. The Morgan fingerprint density at radius 3 is 2.50 bits per heavy atom. The van der Waals surface area contributed by atoms with Gasteiger partial charge in [0.2, 0.25) is 0 Å². The van der Waals surface area contributed by atoms with Crippen molar-refractivity contribution in [2.45, 2.75) is 20.3 Å². The summed E-state index contributed by atoms with van der Waals surface area (Å²) in [5.74, 6) is 0.104. The highest BCUT2D eigenvalue weighted by Crippen LogP contribution is 1.99. The summed E-state index contributed by atoms with van der Waals surface area (Å²) in [5.41, 5.74) is 0.